The number of benzene rings is 2. The molecule has 1 aliphatic heterocycles. The van der Waals surface area contributed by atoms with E-state index in [4.69, 9.17) is 9.47 Å². The van der Waals surface area contributed by atoms with E-state index >= 15 is 0 Å². The van der Waals surface area contributed by atoms with Crippen molar-refractivity contribution in [1.82, 2.24) is 9.80 Å². The first-order valence-corrected chi connectivity index (χ1v) is 15.2. The standard InChI is InChI=1S/C34H44N2O5/c1-23(2)20-36(33(39)27-9-6-5-7-10-27)29-18-32(41-25(4)38)31-22-35(21-26-13-14-26)16-15-34(31,19-29)28-11-8-12-30(17-28)40-24(3)37/h5-12,17,23,26,29,31-32H,13-16,18-22H2,1-4H3/t29-,31?,32?,34?/m0/s1. The molecule has 5 rings (SSSR count). The molecule has 2 aromatic rings. The van der Waals surface area contributed by atoms with Gasteiger partial charge in [-0.2, -0.15) is 0 Å². The molecule has 2 aliphatic carbocycles. The van der Waals surface area contributed by atoms with Crippen molar-refractivity contribution >= 4 is 17.8 Å². The van der Waals surface area contributed by atoms with E-state index in [2.05, 4.69) is 24.8 Å². The number of hydrogen-bond donors (Lipinski definition) is 0. The van der Waals surface area contributed by atoms with E-state index in [1.165, 1.54) is 26.7 Å². The van der Waals surface area contributed by atoms with Crippen molar-refractivity contribution in [2.45, 2.75) is 77.4 Å². The van der Waals surface area contributed by atoms with Crippen molar-refractivity contribution < 1.29 is 23.9 Å². The molecule has 2 saturated carbocycles. The molecular weight excluding hydrogens is 516 g/mol. The third kappa shape index (κ3) is 6.83. The predicted octanol–water partition coefficient (Wildman–Crippen LogP) is 5.47. The van der Waals surface area contributed by atoms with Gasteiger partial charge >= 0.3 is 11.9 Å². The summed E-state index contributed by atoms with van der Waals surface area (Å²) in [5, 5.41) is 0. The minimum atomic E-state index is -0.355. The molecule has 0 aromatic heterocycles. The number of likely N-dealkylation sites (tertiary alicyclic amines) is 1. The lowest BCUT2D eigenvalue weighted by Crippen LogP contribution is -2.62. The first-order valence-electron chi connectivity index (χ1n) is 15.2. The van der Waals surface area contributed by atoms with Crippen LogP contribution in [0.1, 0.15) is 75.7 Å². The molecule has 220 valence electrons. The largest absolute Gasteiger partial charge is 0.462 e. The summed E-state index contributed by atoms with van der Waals surface area (Å²) in [5.74, 6) is 0.997. The summed E-state index contributed by atoms with van der Waals surface area (Å²) in [4.78, 5) is 42.9. The van der Waals surface area contributed by atoms with Crippen molar-refractivity contribution in [3.8, 4) is 5.75 Å². The summed E-state index contributed by atoms with van der Waals surface area (Å²) in [6.07, 6.45) is 4.51. The maximum absolute atomic E-state index is 14.0. The second-order valence-electron chi connectivity index (χ2n) is 12.8. The Hall–Kier alpha value is -3.19. The van der Waals surface area contributed by atoms with Gasteiger partial charge in [0.05, 0.1) is 0 Å². The highest BCUT2D eigenvalue weighted by atomic mass is 16.5. The number of carbonyl (C=O) groups excluding carboxylic acids is 3. The molecule has 7 nitrogen and oxygen atoms in total. The van der Waals surface area contributed by atoms with Crippen LogP contribution in [0.15, 0.2) is 54.6 Å². The second kappa shape index (κ2) is 12.4. The van der Waals surface area contributed by atoms with Gasteiger partial charge in [0.25, 0.3) is 5.91 Å². The molecule has 3 unspecified atom stereocenters. The summed E-state index contributed by atoms with van der Waals surface area (Å²) in [6.45, 7) is 10.7. The SMILES string of the molecule is CC(=O)Oc1cccc(C23CCN(CC4CC4)CC2C(OC(C)=O)C[C@H](N(CC(C)C)C(=O)c2ccccc2)C3)c1. The Morgan fingerprint density at radius 2 is 1.78 bits per heavy atom. The van der Waals surface area contributed by atoms with Gasteiger partial charge in [0.15, 0.2) is 0 Å². The molecule has 3 fully saturated rings. The van der Waals surface area contributed by atoms with Crippen LogP contribution in [0.4, 0.5) is 0 Å². The van der Waals surface area contributed by atoms with E-state index in [0.717, 1.165) is 44.0 Å². The van der Waals surface area contributed by atoms with E-state index in [-0.39, 0.29) is 47.2 Å². The molecule has 0 bridgehead atoms. The second-order valence-corrected chi connectivity index (χ2v) is 12.8. The summed E-state index contributed by atoms with van der Waals surface area (Å²) in [7, 11) is 0. The Kier molecular flexibility index (Phi) is 8.83. The van der Waals surface area contributed by atoms with Crippen molar-refractivity contribution in [3.05, 3.63) is 65.7 Å². The third-order valence-electron chi connectivity index (χ3n) is 9.08. The third-order valence-corrected chi connectivity index (χ3v) is 9.08. The number of amides is 1. The van der Waals surface area contributed by atoms with E-state index in [1.54, 1.807) is 0 Å². The van der Waals surface area contributed by atoms with Gasteiger partial charge in [0.1, 0.15) is 11.9 Å². The van der Waals surface area contributed by atoms with Crippen molar-refractivity contribution in [2.24, 2.45) is 17.8 Å². The minimum absolute atomic E-state index is 0.0132. The molecule has 3 aliphatic rings. The van der Waals surface area contributed by atoms with Crippen LogP contribution in [0, 0.1) is 17.8 Å². The normalized spacial score (nSPS) is 26.2. The lowest BCUT2D eigenvalue weighted by atomic mass is 9.56. The highest BCUT2D eigenvalue weighted by molar-refractivity contribution is 5.94. The van der Waals surface area contributed by atoms with Crippen LogP contribution >= 0.6 is 0 Å². The zero-order valence-electron chi connectivity index (χ0n) is 24.9. The number of nitrogens with zero attached hydrogens (tertiary/aromatic N) is 2. The zero-order valence-corrected chi connectivity index (χ0v) is 24.9. The first kappa shape index (κ1) is 29.3. The minimum Gasteiger partial charge on any atom is -0.462 e. The van der Waals surface area contributed by atoms with Crippen LogP contribution < -0.4 is 4.74 Å². The molecule has 1 heterocycles. The van der Waals surface area contributed by atoms with Crippen molar-refractivity contribution in [3.63, 3.8) is 0 Å². The summed E-state index contributed by atoms with van der Waals surface area (Å²) in [6, 6.07) is 17.2. The average Bonchev–Trinajstić information content (AvgIpc) is 3.75. The molecule has 0 spiro atoms. The Morgan fingerprint density at radius 3 is 2.44 bits per heavy atom. The van der Waals surface area contributed by atoms with Gasteiger partial charge in [0.2, 0.25) is 0 Å². The van der Waals surface area contributed by atoms with Crippen molar-refractivity contribution in [1.29, 1.82) is 0 Å². The first-order chi connectivity index (χ1) is 19.6. The fourth-order valence-electron chi connectivity index (χ4n) is 7.21. The zero-order chi connectivity index (χ0) is 29.1. The van der Waals surface area contributed by atoms with Crippen LogP contribution in [0.5, 0.6) is 5.75 Å². The van der Waals surface area contributed by atoms with Gasteiger partial charge in [-0.25, -0.2) is 0 Å². The highest BCUT2D eigenvalue weighted by Crippen LogP contribution is 2.52. The van der Waals surface area contributed by atoms with Gasteiger partial charge in [-0.3, -0.25) is 14.4 Å². The summed E-state index contributed by atoms with van der Waals surface area (Å²) in [5.41, 5.74) is 1.42. The Bertz CT molecular complexity index is 1240. The van der Waals surface area contributed by atoms with E-state index in [1.807, 2.05) is 53.4 Å². The number of carbonyl (C=O) groups is 3. The highest BCUT2D eigenvalue weighted by Gasteiger charge is 2.55. The van der Waals surface area contributed by atoms with Crippen LogP contribution in [-0.2, 0) is 19.7 Å². The van der Waals surface area contributed by atoms with Crippen molar-refractivity contribution in [2.75, 3.05) is 26.2 Å². The molecule has 0 N–H and O–H groups in total. The molecule has 1 saturated heterocycles. The lowest BCUT2D eigenvalue weighted by molar-refractivity contribution is -0.159. The average molecular weight is 561 g/mol. The van der Waals surface area contributed by atoms with Crippen LogP contribution in [0.25, 0.3) is 0 Å². The molecule has 0 radical (unpaired) electrons. The summed E-state index contributed by atoms with van der Waals surface area (Å²) >= 11 is 0. The lowest BCUT2D eigenvalue weighted by Gasteiger charge is -2.57. The Labute approximate surface area is 244 Å². The summed E-state index contributed by atoms with van der Waals surface area (Å²) < 4.78 is 11.7. The number of hydrogen-bond acceptors (Lipinski definition) is 6. The Balaban J connectivity index is 1.57. The van der Waals surface area contributed by atoms with Gasteiger partial charge in [-0.05, 0) is 73.9 Å². The predicted molar refractivity (Wildman–Crippen MR) is 158 cm³/mol. The van der Waals surface area contributed by atoms with Crippen LogP contribution in [0.2, 0.25) is 0 Å². The molecule has 7 heteroatoms. The maximum atomic E-state index is 14.0. The number of esters is 2. The topological polar surface area (TPSA) is 76.2 Å². The number of rotatable bonds is 9. The van der Waals surface area contributed by atoms with Gasteiger partial charge in [-0.1, -0.05) is 44.2 Å². The van der Waals surface area contributed by atoms with E-state index in [0.29, 0.717) is 24.3 Å². The number of piperidine rings is 1. The molecule has 1 amide bonds. The van der Waals surface area contributed by atoms with Crippen LogP contribution in [-0.4, -0.2) is 66.0 Å². The molecule has 2 aromatic carbocycles. The van der Waals surface area contributed by atoms with E-state index < -0.39 is 0 Å². The molecule has 4 atom stereocenters. The number of fused-ring (bicyclic) bond motifs is 1. The quantitative estimate of drug-likeness (QED) is 0.299. The van der Waals surface area contributed by atoms with Crippen LogP contribution in [0.3, 0.4) is 0 Å². The van der Waals surface area contributed by atoms with Gasteiger partial charge in [-0.15, -0.1) is 0 Å². The monoisotopic (exact) mass is 560 g/mol. The number of ether oxygens (including phenoxy) is 2. The van der Waals surface area contributed by atoms with E-state index in [9.17, 15) is 14.4 Å². The molecular formula is C34H44N2O5. The Morgan fingerprint density at radius 1 is 1.02 bits per heavy atom. The van der Waals surface area contributed by atoms with Gasteiger partial charge < -0.3 is 19.3 Å². The fourth-order valence-corrected chi connectivity index (χ4v) is 7.21. The molecule has 41 heavy (non-hydrogen) atoms. The van der Waals surface area contributed by atoms with Gasteiger partial charge in [0, 0.05) is 62.8 Å². The maximum Gasteiger partial charge on any atom is 0.308 e. The smallest absolute Gasteiger partial charge is 0.308 e. The fraction of sp³-hybridized carbons (Fsp3) is 0.559.